The molecule has 0 unspecified atom stereocenters. The van der Waals surface area contributed by atoms with E-state index in [-0.39, 0.29) is 17.7 Å². The van der Waals surface area contributed by atoms with Gasteiger partial charge in [0, 0.05) is 36.3 Å². The number of carbonyl (C=O) groups excluding carboxylic acids is 2. The van der Waals surface area contributed by atoms with Gasteiger partial charge in [0.2, 0.25) is 11.8 Å². The van der Waals surface area contributed by atoms with Gasteiger partial charge >= 0.3 is 0 Å². The third-order valence-corrected chi connectivity index (χ3v) is 8.18. The molecule has 2 aliphatic rings. The average molecular weight is 550 g/mol. The van der Waals surface area contributed by atoms with Crippen molar-refractivity contribution < 1.29 is 14.3 Å². The molecule has 0 radical (unpaired) electrons. The summed E-state index contributed by atoms with van der Waals surface area (Å²) in [4.78, 5) is 30.2. The van der Waals surface area contributed by atoms with Crippen molar-refractivity contribution in [3.63, 3.8) is 0 Å². The van der Waals surface area contributed by atoms with E-state index in [1.54, 1.807) is 7.11 Å². The lowest BCUT2D eigenvalue weighted by atomic mass is 9.98. The van der Waals surface area contributed by atoms with E-state index < -0.39 is 0 Å². The first-order valence-corrected chi connectivity index (χ1v) is 14.2. The number of nitrogens with zero attached hydrogens (tertiary/aromatic N) is 3. The summed E-state index contributed by atoms with van der Waals surface area (Å²) in [6.07, 6.45) is 3.77. The van der Waals surface area contributed by atoms with E-state index in [9.17, 15) is 9.59 Å². The summed E-state index contributed by atoms with van der Waals surface area (Å²) in [6, 6.07) is 22.1. The molecule has 1 aromatic heterocycles. The monoisotopic (exact) mass is 549 g/mol. The van der Waals surface area contributed by atoms with Crippen LogP contribution in [0.1, 0.15) is 24.0 Å². The number of fused-ring (bicyclic) bond motifs is 1. The predicted octanol–water partition coefficient (Wildman–Crippen LogP) is 5.12. The van der Waals surface area contributed by atoms with Crippen LogP contribution in [0.15, 0.2) is 72.8 Å². The summed E-state index contributed by atoms with van der Waals surface area (Å²) < 4.78 is 5.26. The van der Waals surface area contributed by atoms with Crippen LogP contribution in [-0.2, 0) is 9.59 Å². The molecular formula is C33H35N5O3. The topological polar surface area (TPSA) is 90.6 Å². The Kier molecular flexibility index (Phi) is 7.57. The maximum absolute atomic E-state index is 13.2. The van der Waals surface area contributed by atoms with Crippen molar-refractivity contribution in [2.45, 2.75) is 19.8 Å². The number of benzene rings is 3. The molecule has 0 bridgehead atoms. The number of methoxy groups -OCH3 is 1. The van der Waals surface area contributed by atoms with Gasteiger partial charge in [0.1, 0.15) is 5.75 Å². The van der Waals surface area contributed by atoms with Crippen LogP contribution in [0.25, 0.3) is 27.7 Å². The molecule has 0 aliphatic carbocycles. The Morgan fingerprint density at radius 2 is 1.80 bits per heavy atom. The summed E-state index contributed by atoms with van der Waals surface area (Å²) in [5.74, 6) is 0.742. The van der Waals surface area contributed by atoms with Gasteiger partial charge in [-0.05, 0) is 79.9 Å². The molecule has 2 N–H and O–H groups in total. The van der Waals surface area contributed by atoms with Crippen molar-refractivity contribution >= 4 is 34.0 Å². The summed E-state index contributed by atoms with van der Waals surface area (Å²) >= 11 is 0. The molecule has 8 heteroatoms. The van der Waals surface area contributed by atoms with Crippen LogP contribution in [0.2, 0.25) is 0 Å². The Morgan fingerprint density at radius 1 is 1.02 bits per heavy atom. The molecule has 3 heterocycles. The van der Waals surface area contributed by atoms with Crippen LogP contribution in [0, 0.1) is 12.8 Å². The third-order valence-electron chi connectivity index (χ3n) is 8.18. The van der Waals surface area contributed by atoms with Crippen LogP contribution in [0.5, 0.6) is 5.75 Å². The van der Waals surface area contributed by atoms with Gasteiger partial charge in [-0.1, -0.05) is 35.9 Å². The molecule has 2 aliphatic heterocycles. The fourth-order valence-corrected chi connectivity index (χ4v) is 5.71. The number of amides is 2. The van der Waals surface area contributed by atoms with Crippen molar-refractivity contribution in [2.24, 2.45) is 5.92 Å². The van der Waals surface area contributed by atoms with E-state index in [0.29, 0.717) is 19.6 Å². The van der Waals surface area contributed by atoms with Crippen molar-refractivity contribution in [1.29, 1.82) is 0 Å². The molecule has 1 atom stereocenters. The van der Waals surface area contributed by atoms with E-state index >= 15 is 0 Å². The number of aromatic nitrogens is 2. The number of hydrogen-bond acceptors (Lipinski definition) is 5. The maximum atomic E-state index is 13.2. The van der Waals surface area contributed by atoms with Crippen LogP contribution in [-0.4, -0.2) is 71.6 Å². The van der Waals surface area contributed by atoms with Crippen molar-refractivity contribution in [2.75, 3.05) is 45.2 Å². The normalized spacial score (nSPS) is 17.5. The van der Waals surface area contributed by atoms with E-state index in [0.717, 1.165) is 59.5 Å². The van der Waals surface area contributed by atoms with E-state index in [1.807, 2.05) is 47.4 Å². The molecule has 1 saturated heterocycles. The van der Waals surface area contributed by atoms with Crippen LogP contribution in [0.3, 0.4) is 0 Å². The Balaban J connectivity index is 1.04. The van der Waals surface area contributed by atoms with E-state index in [1.165, 1.54) is 16.7 Å². The standard InChI is InChI=1S/C33H35N5O3/c1-22-3-5-23(6-4-22)24-14-17-38(18-15-24)31(39)21-37-16-13-26(20-37)33(40)34-27-9-12-30-29(19-27)32(36-35-30)25-7-10-28(41-2)11-8-25/h3-12,14,19,26H,13,15-18,20-21H2,1-2H3,(H,34,40)(H,35,36)/t26-/m1/s1. The Labute approximate surface area is 240 Å². The zero-order valence-electron chi connectivity index (χ0n) is 23.5. The van der Waals surface area contributed by atoms with Gasteiger partial charge < -0.3 is 15.0 Å². The molecule has 0 saturated carbocycles. The fraction of sp³-hybridized carbons (Fsp3) is 0.303. The van der Waals surface area contributed by atoms with Gasteiger partial charge in [-0.2, -0.15) is 5.10 Å². The molecule has 6 rings (SSSR count). The number of H-pyrrole nitrogens is 1. The number of aromatic amines is 1. The highest BCUT2D eigenvalue weighted by molar-refractivity contribution is 5.99. The number of anilines is 1. The Hall–Kier alpha value is -4.43. The summed E-state index contributed by atoms with van der Waals surface area (Å²) in [6.45, 7) is 5.13. The van der Waals surface area contributed by atoms with Gasteiger partial charge in [-0.3, -0.25) is 19.6 Å². The van der Waals surface area contributed by atoms with Crippen LogP contribution >= 0.6 is 0 Å². The van der Waals surface area contributed by atoms with Gasteiger partial charge in [-0.25, -0.2) is 0 Å². The number of ether oxygens (including phenoxy) is 1. The molecule has 1 fully saturated rings. The second-order valence-corrected chi connectivity index (χ2v) is 11.0. The zero-order chi connectivity index (χ0) is 28.3. The average Bonchev–Trinajstić information content (AvgIpc) is 3.65. The minimum absolute atomic E-state index is 0.0163. The third kappa shape index (κ3) is 5.88. The quantitative estimate of drug-likeness (QED) is 0.334. The van der Waals surface area contributed by atoms with Crippen molar-refractivity contribution in [3.05, 3.63) is 83.9 Å². The maximum Gasteiger partial charge on any atom is 0.237 e. The number of hydrogen-bond donors (Lipinski definition) is 2. The molecule has 8 nitrogen and oxygen atoms in total. The number of carbonyl (C=O) groups is 2. The Bertz CT molecular complexity index is 1590. The second kappa shape index (κ2) is 11.6. The van der Waals surface area contributed by atoms with Gasteiger partial charge in [0.25, 0.3) is 0 Å². The van der Waals surface area contributed by atoms with Crippen molar-refractivity contribution in [1.82, 2.24) is 20.0 Å². The lowest BCUT2D eigenvalue weighted by Crippen LogP contribution is -2.41. The molecular weight excluding hydrogens is 514 g/mol. The summed E-state index contributed by atoms with van der Waals surface area (Å²) in [7, 11) is 1.64. The number of nitrogens with one attached hydrogen (secondary N) is 2. The molecule has 0 spiro atoms. The lowest BCUT2D eigenvalue weighted by molar-refractivity contribution is -0.132. The first-order valence-electron chi connectivity index (χ1n) is 14.2. The highest BCUT2D eigenvalue weighted by atomic mass is 16.5. The van der Waals surface area contributed by atoms with E-state index in [4.69, 9.17) is 4.74 Å². The first-order chi connectivity index (χ1) is 20.0. The smallest absolute Gasteiger partial charge is 0.237 e. The van der Waals surface area contributed by atoms with Crippen LogP contribution in [0.4, 0.5) is 5.69 Å². The van der Waals surface area contributed by atoms with Gasteiger partial charge in [0.15, 0.2) is 0 Å². The first kappa shape index (κ1) is 26.8. The summed E-state index contributed by atoms with van der Waals surface area (Å²) in [5, 5.41) is 11.6. The Morgan fingerprint density at radius 3 is 2.54 bits per heavy atom. The molecule has 210 valence electrons. The minimum atomic E-state index is -0.154. The number of likely N-dealkylation sites (tertiary alicyclic amines) is 1. The molecule has 4 aromatic rings. The minimum Gasteiger partial charge on any atom is -0.497 e. The van der Waals surface area contributed by atoms with Crippen LogP contribution < -0.4 is 10.1 Å². The van der Waals surface area contributed by atoms with E-state index in [2.05, 4.69) is 57.7 Å². The lowest BCUT2D eigenvalue weighted by Gasteiger charge is -2.28. The fourth-order valence-electron chi connectivity index (χ4n) is 5.71. The highest BCUT2D eigenvalue weighted by Crippen LogP contribution is 2.30. The second-order valence-electron chi connectivity index (χ2n) is 11.0. The summed E-state index contributed by atoms with van der Waals surface area (Å²) in [5.41, 5.74) is 7.21. The molecule has 2 amide bonds. The predicted molar refractivity (Wildman–Crippen MR) is 162 cm³/mol. The molecule has 41 heavy (non-hydrogen) atoms. The SMILES string of the molecule is COc1ccc(-c2n[nH]c3ccc(NC(=O)[C@@H]4CCN(CC(=O)N5CC=C(c6ccc(C)cc6)CC5)C4)cc23)cc1. The number of aryl methyl sites for hydroxylation is 1. The zero-order valence-corrected chi connectivity index (χ0v) is 23.5. The number of rotatable bonds is 7. The van der Waals surface area contributed by atoms with Gasteiger partial charge in [-0.15, -0.1) is 0 Å². The highest BCUT2D eigenvalue weighted by Gasteiger charge is 2.30. The van der Waals surface area contributed by atoms with Gasteiger partial charge in [0.05, 0.1) is 30.8 Å². The van der Waals surface area contributed by atoms with Crippen molar-refractivity contribution in [3.8, 4) is 17.0 Å². The molecule has 3 aromatic carbocycles. The largest absolute Gasteiger partial charge is 0.497 e.